The summed E-state index contributed by atoms with van der Waals surface area (Å²) in [5, 5.41) is 2.67. The monoisotopic (exact) mass is 349 g/mol. The topological polar surface area (TPSA) is 63.7 Å². The number of morpholine rings is 1. The van der Waals surface area contributed by atoms with E-state index in [9.17, 15) is 13.6 Å². The van der Waals surface area contributed by atoms with Crippen LogP contribution in [0.4, 0.5) is 20.3 Å². The summed E-state index contributed by atoms with van der Waals surface area (Å²) in [6, 6.07) is 9.06. The molecule has 8 heteroatoms. The lowest BCUT2D eigenvalue weighted by atomic mass is 10.2. The first kappa shape index (κ1) is 17.1. The van der Waals surface area contributed by atoms with Gasteiger partial charge in [-0.1, -0.05) is 0 Å². The Hall–Kier alpha value is -2.74. The van der Waals surface area contributed by atoms with Crippen molar-refractivity contribution in [2.24, 2.45) is 0 Å². The van der Waals surface area contributed by atoms with E-state index in [4.69, 9.17) is 4.74 Å². The van der Waals surface area contributed by atoms with E-state index >= 15 is 0 Å². The number of anilines is 2. The minimum Gasteiger partial charge on any atom is -0.435 e. The molecule has 25 heavy (non-hydrogen) atoms. The second-order valence-electron chi connectivity index (χ2n) is 5.36. The number of nitrogens with one attached hydrogen (secondary N) is 1. The van der Waals surface area contributed by atoms with Crippen molar-refractivity contribution < 1.29 is 23.0 Å². The quantitative estimate of drug-likeness (QED) is 0.899. The molecule has 0 atom stereocenters. The van der Waals surface area contributed by atoms with E-state index < -0.39 is 6.61 Å². The molecule has 1 aliphatic heterocycles. The van der Waals surface area contributed by atoms with Crippen LogP contribution in [-0.2, 0) is 4.74 Å². The largest absolute Gasteiger partial charge is 0.435 e. The number of pyridine rings is 1. The first-order valence-corrected chi connectivity index (χ1v) is 7.77. The van der Waals surface area contributed by atoms with Gasteiger partial charge in [0, 0.05) is 18.7 Å². The van der Waals surface area contributed by atoms with Crippen molar-refractivity contribution in [2.45, 2.75) is 6.61 Å². The lowest BCUT2D eigenvalue weighted by Gasteiger charge is -2.28. The van der Waals surface area contributed by atoms with Gasteiger partial charge in [0.15, 0.2) is 0 Å². The zero-order valence-electron chi connectivity index (χ0n) is 13.3. The van der Waals surface area contributed by atoms with Gasteiger partial charge in [-0.2, -0.15) is 8.78 Å². The van der Waals surface area contributed by atoms with Gasteiger partial charge in [-0.25, -0.2) is 4.98 Å². The van der Waals surface area contributed by atoms with Crippen LogP contribution in [0.5, 0.6) is 5.75 Å². The maximum Gasteiger partial charge on any atom is 0.387 e. The minimum atomic E-state index is -2.89. The molecular weight excluding hydrogens is 332 g/mol. The summed E-state index contributed by atoms with van der Waals surface area (Å²) < 4.78 is 33.8. The fourth-order valence-electron chi connectivity index (χ4n) is 2.44. The highest BCUT2D eigenvalue weighted by molar-refractivity contribution is 6.03. The van der Waals surface area contributed by atoms with Crippen LogP contribution >= 0.6 is 0 Å². The Morgan fingerprint density at radius 1 is 1.16 bits per heavy atom. The molecule has 0 radical (unpaired) electrons. The second kappa shape index (κ2) is 7.89. The van der Waals surface area contributed by atoms with Crippen molar-refractivity contribution in [3.05, 3.63) is 48.2 Å². The zero-order valence-corrected chi connectivity index (χ0v) is 13.3. The fraction of sp³-hybridized carbons (Fsp3) is 0.294. The second-order valence-corrected chi connectivity index (χ2v) is 5.36. The average molecular weight is 349 g/mol. The summed E-state index contributed by atoms with van der Waals surface area (Å²) in [6.07, 6.45) is 1.69. The Morgan fingerprint density at radius 2 is 1.88 bits per heavy atom. The van der Waals surface area contributed by atoms with Crippen molar-refractivity contribution in [1.82, 2.24) is 4.98 Å². The van der Waals surface area contributed by atoms with Crippen LogP contribution in [0, 0.1) is 0 Å². The lowest BCUT2D eigenvalue weighted by Crippen LogP contribution is -2.36. The standard InChI is InChI=1S/C17H17F2N3O3/c18-17(19)25-14-4-1-12(2-5-14)16(23)21-15-6-3-13(11-20-15)22-7-9-24-10-8-22/h1-6,11,17H,7-10H2,(H,20,21,23). The molecule has 6 nitrogen and oxygen atoms in total. The van der Waals surface area contributed by atoms with Gasteiger partial charge in [0.05, 0.1) is 25.1 Å². The number of carbonyl (C=O) groups is 1. The van der Waals surface area contributed by atoms with Gasteiger partial charge in [0.2, 0.25) is 0 Å². The third kappa shape index (κ3) is 4.63. The Morgan fingerprint density at radius 3 is 2.48 bits per heavy atom. The number of ether oxygens (including phenoxy) is 2. The molecule has 132 valence electrons. The van der Waals surface area contributed by atoms with Gasteiger partial charge in [0.1, 0.15) is 11.6 Å². The Labute approximate surface area is 143 Å². The van der Waals surface area contributed by atoms with E-state index in [2.05, 4.69) is 19.9 Å². The highest BCUT2D eigenvalue weighted by atomic mass is 19.3. The molecule has 1 saturated heterocycles. The van der Waals surface area contributed by atoms with Gasteiger partial charge in [0.25, 0.3) is 5.91 Å². The number of rotatable bonds is 5. The molecule has 1 N–H and O–H groups in total. The van der Waals surface area contributed by atoms with Crippen molar-refractivity contribution in [2.75, 3.05) is 36.5 Å². The number of hydrogen-bond acceptors (Lipinski definition) is 5. The molecular formula is C17H17F2N3O3. The van der Waals surface area contributed by atoms with E-state index in [0.717, 1.165) is 18.8 Å². The predicted molar refractivity (Wildman–Crippen MR) is 88.3 cm³/mol. The predicted octanol–water partition coefficient (Wildman–Crippen LogP) is 2.77. The van der Waals surface area contributed by atoms with Gasteiger partial charge in [-0.05, 0) is 36.4 Å². The van der Waals surface area contributed by atoms with Gasteiger partial charge < -0.3 is 19.7 Å². The van der Waals surface area contributed by atoms with Crippen LogP contribution in [0.1, 0.15) is 10.4 Å². The lowest BCUT2D eigenvalue weighted by molar-refractivity contribution is -0.0498. The fourth-order valence-corrected chi connectivity index (χ4v) is 2.44. The van der Waals surface area contributed by atoms with Crippen molar-refractivity contribution in [1.29, 1.82) is 0 Å². The first-order valence-electron chi connectivity index (χ1n) is 7.77. The molecule has 2 heterocycles. The van der Waals surface area contributed by atoms with Crippen LogP contribution in [0.25, 0.3) is 0 Å². The smallest absolute Gasteiger partial charge is 0.387 e. The van der Waals surface area contributed by atoms with Crippen LogP contribution in [0.2, 0.25) is 0 Å². The molecule has 1 amide bonds. The number of carbonyl (C=O) groups excluding carboxylic acids is 1. The zero-order chi connectivity index (χ0) is 17.6. The molecule has 3 rings (SSSR count). The van der Waals surface area contributed by atoms with E-state index in [0.29, 0.717) is 24.6 Å². The molecule has 0 saturated carbocycles. The minimum absolute atomic E-state index is 0.000427. The van der Waals surface area contributed by atoms with Crippen LogP contribution in [0.15, 0.2) is 42.6 Å². The third-order valence-electron chi connectivity index (χ3n) is 3.71. The summed E-state index contributed by atoms with van der Waals surface area (Å²) in [7, 11) is 0. The first-order chi connectivity index (χ1) is 12.1. The van der Waals surface area contributed by atoms with E-state index in [1.165, 1.54) is 24.3 Å². The van der Waals surface area contributed by atoms with Crippen LogP contribution in [0.3, 0.4) is 0 Å². The average Bonchev–Trinajstić information content (AvgIpc) is 2.63. The van der Waals surface area contributed by atoms with E-state index in [1.54, 1.807) is 12.3 Å². The Kier molecular flexibility index (Phi) is 5.39. The molecule has 1 aromatic carbocycles. The third-order valence-corrected chi connectivity index (χ3v) is 3.71. The number of alkyl halides is 2. The van der Waals surface area contributed by atoms with E-state index in [1.807, 2.05) is 6.07 Å². The number of halogens is 2. The molecule has 2 aromatic rings. The van der Waals surface area contributed by atoms with Crippen LogP contribution < -0.4 is 15.0 Å². The number of aromatic nitrogens is 1. The van der Waals surface area contributed by atoms with E-state index in [-0.39, 0.29) is 11.7 Å². The maximum atomic E-state index is 12.2. The molecule has 0 bridgehead atoms. The summed E-state index contributed by atoms with van der Waals surface area (Å²) in [4.78, 5) is 18.6. The van der Waals surface area contributed by atoms with Crippen molar-refractivity contribution >= 4 is 17.4 Å². The number of nitrogens with zero attached hydrogens (tertiary/aromatic N) is 2. The highest BCUT2D eigenvalue weighted by Gasteiger charge is 2.12. The molecule has 0 spiro atoms. The summed E-state index contributed by atoms with van der Waals surface area (Å²) in [5.41, 5.74) is 1.29. The Bertz CT molecular complexity index is 702. The summed E-state index contributed by atoms with van der Waals surface area (Å²) in [5.74, 6) is 0.0321. The summed E-state index contributed by atoms with van der Waals surface area (Å²) >= 11 is 0. The molecule has 1 aromatic heterocycles. The normalized spacial score (nSPS) is 14.4. The summed E-state index contributed by atoms with van der Waals surface area (Å²) in [6.45, 7) is 0.0859. The van der Waals surface area contributed by atoms with Crippen LogP contribution in [-0.4, -0.2) is 43.8 Å². The molecule has 1 aliphatic rings. The number of amides is 1. The van der Waals surface area contributed by atoms with Gasteiger partial charge in [-0.3, -0.25) is 4.79 Å². The van der Waals surface area contributed by atoms with Crippen molar-refractivity contribution in [3.63, 3.8) is 0 Å². The number of hydrogen-bond donors (Lipinski definition) is 1. The highest BCUT2D eigenvalue weighted by Crippen LogP contribution is 2.18. The number of benzene rings is 1. The molecule has 0 unspecified atom stereocenters. The van der Waals surface area contributed by atoms with Crippen molar-refractivity contribution in [3.8, 4) is 5.75 Å². The van der Waals surface area contributed by atoms with Gasteiger partial charge >= 0.3 is 6.61 Å². The Balaban J connectivity index is 1.60. The molecule has 0 aliphatic carbocycles. The molecule has 1 fully saturated rings. The maximum absolute atomic E-state index is 12.2. The SMILES string of the molecule is O=C(Nc1ccc(N2CCOCC2)cn1)c1ccc(OC(F)F)cc1. The van der Waals surface area contributed by atoms with Gasteiger partial charge in [-0.15, -0.1) is 0 Å².